The zero-order chi connectivity index (χ0) is 13.7. The molecule has 1 aromatic carbocycles. The van der Waals surface area contributed by atoms with Crippen molar-refractivity contribution in [3.05, 3.63) is 35.9 Å². The van der Waals surface area contributed by atoms with Crippen molar-refractivity contribution in [3.8, 4) is 0 Å². The van der Waals surface area contributed by atoms with Gasteiger partial charge in [0.25, 0.3) is 0 Å². The normalized spacial score (nSPS) is 25.6. The largest absolute Gasteiger partial charge is 0.378 e. The van der Waals surface area contributed by atoms with Crippen molar-refractivity contribution >= 4 is 21.6 Å². The average molecular weight is 297 g/mol. The van der Waals surface area contributed by atoms with Crippen molar-refractivity contribution in [3.63, 3.8) is 0 Å². The van der Waals surface area contributed by atoms with E-state index in [-0.39, 0.29) is 0 Å². The van der Waals surface area contributed by atoms with E-state index in [1.165, 1.54) is 31.2 Å². The predicted molar refractivity (Wildman–Crippen MR) is 87.7 cm³/mol. The van der Waals surface area contributed by atoms with Gasteiger partial charge in [0.2, 0.25) is 0 Å². The first-order chi connectivity index (χ1) is 9.27. The number of methoxy groups -OCH3 is 1. The van der Waals surface area contributed by atoms with E-state index in [4.69, 9.17) is 4.74 Å². The molecule has 1 fully saturated rings. The summed E-state index contributed by atoms with van der Waals surface area (Å²) >= 11 is 0. The minimum Gasteiger partial charge on any atom is -0.378 e. The smallest absolute Gasteiger partial charge is 0.0893 e. The summed E-state index contributed by atoms with van der Waals surface area (Å²) in [7, 11) is 5.96. The van der Waals surface area contributed by atoms with Crippen molar-refractivity contribution in [1.82, 2.24) is 0 Å². The van der Waals surface area contributed by atoms with Crippen LogP contribution in [-0.2, 0) is 4.74 Å². The van der Waals surface area contributed by atoms with Gasteiger partial charge < -0.3 is 4.74 Å². The Bertz CT molecular complexity index is 374. The molecule has 0 saturated carbocycles. The van der Waals surface area contributed by atoms with Crippen molar-refractivity contribution < 1.29 is 4.74 Å². The molecule has 0 radical (unpaired) electrons. The summed E-state index contributed by atoms with van der Waals surface area (Å²) in [5.74, 6) is 0. The third-order valence-corrected chi connectivity index (χ3v) is 7.54. The summed E-state index contributed by atoms with van der Waals surface area (Å²) in [5.41, 5.74) is 1.40. The average Bonchev–Trinajstić information content (AvgIpc) is 2.79. The van der Waals surface area contributed by atoms with Crippen molar-refractivity contribution in [2.75, 3.05) is 7.11 Å². The van der Waals surface area contributed by atoms with Gasteiger partial charge in [-0.3, -0.25) is 0 Å². The summed E-state index contributed by atoms with van der Waals surface area (Å²) in [6, 6.07) is 10.8. The fourth-order valence-electron chi connectivity index (χ4n) is 3.07. The minimum atomic E-state index is 0.295. The highest BCUT2D eigenvalue weighted by atomic mass is 33.1. The molecule has 1 aliphatic heterocycles. The summed E-state index contributed by atoms with van der Waals surface area (Å²) < 4.78 is 6.25. The van der Waals surface area contributed by atoms with Gasteiger partial charge in [0.15, 0.2) is 0 Å². The molecule has 19 heavy (non-hydrogen) atoms. The predicted octanol–water partition coefficient (Wildman–Crippen LogP) is 5.48. The van der Waals surface area contributed by atoms with Crippen LogP contribution in [0.4, 0.5) is 0 Å². The van der Waals surface area contributed by atoms with Crippen LogP contribution in [0, 0.1) is 0 Å². The van der Waals surface area contributed by atoms with E-state index in [0.717, 1.165) is 0 Å². The monoisotopic (exact) mass is 296 g/mol. The summed E-state index contributed by atoms with van der Waals surface area (Å²) in [6.07, 6.45) is 5.29. The Morgan fingerprint density at radius 2 is 1.74 bits per heavy atom. The molecule has 3 heteroatoms. The van der Waals surface area contributed by atoms with Crippen molar-refractivity contribution in [2.24, 2.45) is 0 Å². The van der Waals surface area contributed by atoms with E-state index >= 15 is 0 Å². The second-order valence-corrected chi connectivity index (χ2v) is 7.99. The first kappa shape index (κ1) is 15.3. The van der Waals surface area contributed by atoms with Crippen LogP contribution in [0.1, 0.15) is 50.3 Å². The van der Waals surface area contributed by atoms with E-state index in [2.05, 4.69) is 55.0 Å². The Hall–Kier alpha value is -0.120. The summed E-state index contributed by atoms with van der Waals surface area (Å²) in [4.78, 5) is 0. The molecule has 0 amide bonds. The van der Waals surface area contributed by atoms with Crippen LogP contribution in [0.15, 0.2) is 30.3 Å². The molecule has 1 nitrogen and oxygen atoms in total. The Balaban J connectivity index is 2.25. The van der Waals surface area contributed by atoms with Gasteiger partial charge >= 0.3 is 0 Å². The minimum absolute atomic E-state index is 0.295. The van der Waals surface area contributed by atoms with Gasteiger partial charge in [0, 0.05) is 7.11 Å². The van der Waals surface area contributed by atoms with Crippen LogP contribution in [0.5, 0.6) is 0 Å². The van der Waals surface area contributed by atoms with Gasteiger partial charge in [-0.15, -0.1) is 0 Å². The molecular formula is C16H24OS2. The van der Waals surface area contributed by atoms with E-state index < -0.39 is 0 Å². The van der Waals surface area contributed by atoms with Gasteiger partial charge in [-0.2, -0.15) is 0 Å². The second-order valence-electron chi connectivity index (χ2n) is 5.23. The lowest BCUT2D eigenvalue weighted by atomic mass is 9.87. The molecule has 106 valence electrons. The lowest BCUT2D eigenvalue weighted by Gasteiger charge is -2.34. The van der Waals surface area contributed by atoms with Crippen molar-refractivity contribution in [1.29, 1.82) is 0 Å². The van der Waals surface area contributed by atoms with Gasteiger partial charge in [-0.1, -0.05) is 78.6 Å². The Morgan fingerprint density at radius 3 is 2.26 bits per heavy atom. The molecule has 0 N–H and O–H groups in total. The molecule has 1 saturated heterocycles. The van der Waals surface area contributed by atoms with Crippen LogP contribution in [0.3, 0.4) is 0 Å². The molecule has 2 unspecified atom stereocenters. The number of benzene rings is 1. The molecule has 2 atom stereocenters. The maximum absolute atomic E-state index is 5.96. The zero-order valence-corrected chi connectivity index (χ0v) is 13.7. The quantitative estimate of drug-likeness (QED) is 0.644. The Kier molecular flexibility index (Phi) is 5.67. The van der Waals surface area contributed by atoms with E-state index in [0.29, 0.717) is 16.1 Å². The van der Waals surface area contributed by atoms with E-state index in [1.54, 1.807) is 0 Å². The van der Waals surface area contributed by atoms with Crippen LogP contribution < -0.4 is 0 Å². The van der Waals surface area contributed by atoms with Crippen molar-refractivity contribution in [2.45, 2.75) is 55.6 Å². The molecule has 1 aliphatic rings. The van der Waals surface area contributed by atoms with E-state index in [1.807, 2.05) is 17.9 Å². The fraction of sp³-hybridized carbons (Fsp3) is 0.625. The molecule has 2 rings (SSSR count). The SMILES string of the molecule is CCCC1(CCC)SSC(c2ccccc2)C1OC. The molecule has 0 spiro atoms. The molecule has 0 aromatic heterocycles. The molecule has 0 bridgehead atoms. The summed E-state index contributed by atoms with van der Waals surface area (Å²) in [5, 5.41) is 0.467. The Morgan fingerprint density at radius 1 is 1.11 bits per heavy atom. The highest BCUT2D eigenvalue weighted by molar-refractivity contribution is 8.77. The maximum Gasteiger partial charge on any atom is 0.0893 e. The standard InChI is InChI=1S/C16H24OS2/c1-4-11-16(12-5-2)15(17-3)14(18-19-16)13-9-7-6-8-10-13/h6-10,14-15H,4-5,11-12H2,1-3H3. The van der Waals surface area contributed by atoms with Crippen LogP contribution in [0.25, 0.3) is 0 Å². The lowest BCUT2D eigenvalue weighted by molar-refractivity contribution is 0.0618. The Labute approximate surface area is 125 Å². The molecule has 0 aliphatic carbocycles. The topological polar surface area (TPSA) is 9.23 Å². The number of rotatable bonds is 6. The zero-order valence-electron chi connectivity index (χ0n) is 12.1. The molecule has 1 heterocycles. The van der Waals surface area contributed by atoms with Gasteiger partial charge in [-0.05, 0) is 18.4 Å². The van der Waals surface area contributed by atoms with Gasteiger partial charge in [-0.25, -0.2) is 0 Å². The van der Waals surface area contributed by atoms with Gasteiger partial charge in [0.1, 0.15) is 0 Å². The van der Waals surface area contributed by atoms with Gasteiger partial charge in [0.05, 0.1) is 16.1 Å². The first-order valence-electron chi connectivity index (χ1n) is 7.19. The highest BCUT2D eigenvalue weighted by Crippen LogP contribution is 2.62. The van der Waals surface area contributed by atoms with Crippen LogP contribution >= 0.6 is 21.6 Å². The summed E-state index contributed by atoms with van der Waals surface area (Å²) in [6.45, 7) is 4.57. The van der Waals surface area contributed by atoms with Crippen LogP contribution in [-0.4, -0.2) is 18.0 Å². The highest BCUT2D eigenvalue weighted by Gasteiger charge is 2.49. The number of ether oxygens (including phenoxy) is 1. The number of hydrogen-bond acceptors (Lipinski definition) is 3. The third kappa shape index (κ3) is 3.14. The molecule has 1 aromatic rings. The third-order valence-electron chi connectivity index (χ3n) is 3.84. The maximum atomic E-state index is 5.96. The number of hydrogen-bond donors (Lipinski definition) is 0. The first-order valence-corrected chi connectivity index (χ1v) is 9.41. The lowest BCUT2D eigenvalue weighted by Crippen LogP contribution is -2.39. The molecular weight excluding hydrogens is 272 g/mol. The second kappa shape index (κ2) is 7.05. The van der Waals surface area contributed by atoms with Crippen LogP contribution in [0.2, 0.25) is 0 Å². The fourth-order valence-corrected chi connectivity index (χ4v) is 7.40. The van der Waals surface area contributed by atoms with E-state index in [9.17, 15) is 0 Å².